The van der Waals surface area contributed by atoms with Gasteiger partial charge in [-0.25, -0.2) is 4.79 Å². The van der Waals surface area contributed by atoms with Crippen LogP contribution in [0.4, 0.5) is 5.00 Å². The summed E-state index contributed by atoms with van der Waals surface area (Å²) in [5.74, 6) is -1.91. The predicted molar refractivity (Wildman–Crippen MR) is 135 cm³/mol. The molecular weight excluding hydrogens is 464 g/mol. The van der Waals surface area contributed by atoms with Gasteiger partial charge < -0.3 is 10.1 Å². The number of imide groups is 1. The molecule has 2 aromatic rings. The molecule has 2 heterocycles. The molecule has 0 spiro atoms. The van der Waals surface area contributed by atoms with Crippen molar-refractivity contribution in [1.29, 1.82) is 0 Å². The maximum Gasteiger partial charge on any atom is 0.341 e. The first kappa shape index (κ1) is 25.1. The number of thiophene rings is 1. The van der Waals surface area contributed by atoms with Gasteiger partial charge in [0.1, 0.15) is 11.5 Å². The highest BCUT2D eigenvalue weighted by molar-refractivity contribution is 7.17. The topological polar surface area (TPSA) is 92.8 Å². The minimum Gasteiger partial charge on any atom is -0.462 e. The lowest BCUT2D eigenvalue weighted by molar-refractivity contribution is -0.116. The molecule has 2 aliphatic rings. The van der Waals surface area contributed by atoms with E-state index in [1.165, 1.54) is 37.0 Å². The molecule has 1 aromatic heterocycles. The third-order valence-corrected chi connectivity index (χ3v) is 7.79. The molecule has 0 saturated heterocycles. The SMILES string of the molecule is CCOC(=O)c1c(NC(=O)CN2C(=O)c3ccccc3C2=O)sc2c1CCCCCCCCCC2. The molecule has 1 aliphatic carbocycles. The maximum absolute atomic E-state index is 13.0. The second-order valence-electron chi connectivity index (χ2n) is 9.05. The van der Waals surface area contributed by atoms with E-state index in [1.807, 2.05) is 0 Å². The Morgan fingerprint density at radius 3 is 2.09 bits per heavy atom. The van der Waals surface area contributed by atoms with E-state index in [0.29, 0.717) is 21.7 Å². The summed E-state index contributed by atoms with van der Waals surface area (Å²) in [6.45, 7) is 1.60. The largest absolute Gasteiger partial charge is 0.462 e. The lowest BCUT2D eigenvalue weighted by Crippen LogP contribution is -2.37. The van der Waals surface area contributed by atoms with Gasteiger partial charge in [0, 0.05) is 4.88 Å². The zero-order chi connectivity index (χ0) is 24.8. The third-order valence-electron chi connectivity index (χ3n) is 6.58. The number of rotatable bonds is 5. The van der Waals surface area contributed by atoms with E-state index in [4.69, 9.17) is 4.74 Å². The Morgan fingerprint density at radius 2 is 1.49 bits per heavy atom. The number of nitrogens with zero attached hydrogens (tertiary/aromatic N) is 1. The monoisotopic (exact) mass is 496 g/mol. The Morgan fingerprint density at radius 1 is 0.914 bits per heavy atom. The van der Waals surface area contributed by atoms with Gasteiger partial charge in [-0.2, -0.15) is 0 Å². The second kappa shape index (κ2) is 11.6. The summed E-state index contributed by atoms with van der Waals surface area (Å²) in [5.41, 5.74) is 2.01. The molecular formula is C27H32N2O5S. The number of benzene rings is 1. The number of carbonyl (C=O) groups is 4. The first-order valence-corrected chi connectivity index (χ1v) is 13.4. The number of fused-ring (bicyclic) bond motifs is 2. The molecule has 7 nitrogen and oxygen atoms in total. The Hall–Kier alpha value is -3.00. The Bertz CT molecular complexity index is 1090. The van der Waals surface area contributed by atoms with Crippen molar-refractivity contribution in [2.45, 2.75) is 71.1 Å². The van der Waals surface area contributed by atoms with Crippen LogP contribution in [0.2, 0.25) is 0 Å². The van der Waals surface area contributed by atoms with Crippen LogP contribution in [-0.2, 0) is 22.4 Å². The molecule has 8 heteroatoms. The van der Waals surface area contributed by atoms with Crippen molar-refractivity contribution in [3.8, 4) is 0 Å². The summed E-state index contributed by atoms with van der Waals surface area (Å²) in [6.07, 6.45) is 10.8. The summed E-state index contributed by atoms with van der Waals surface area (Å²) < 4.78 is 5.35. The number of carbonyl (C=O) groups excluding carboxylic acids is 4. The molecule has 0 unspecified atom stereocenters. The number of anilines is 1. The summed E-state index contributed by atoms with van der Waals surface area (Å²) in [6, 6.07) is 6.55. The molecule has 0 saturated carbocycles. The molecule has 186 valence electrons. The maximum atomic E-state index is 13.0. The normalized spacial score (nSPS) is 16.7. The predicted octanol–water partition coefficient (Wildman–Crippen LogP) is 5.38. The van der Waals surface area contributed by atoms with Gasteiger partial charge in [-0.05, 0) is 50.3 Å². The van der Waals surface area contributed by atoms with Gasteiger partial charge in [0.05, 0.1) is 23.3 Å². The van der Waals surface area contributed by atoms with Crippen LogP contribution in [0.1, 0.15) is 99.8 Å². The Kier molecular flexibility index (Phi) is 8.33. The minimum absolute atomic E-state index is 0.242. The molecule has 0 bridgehead atoms. The number of amides is 3. The van der Waals surface area contributed by atoms with Gasteiger partial charge in [-0.3, -0.25) is 19.3 Å². The van der Waals surface area contributed by atoms with E-state index >= 15 is 0 Å². The molecule has 0 fully saturated rings. The summed E-state index contributed by atoms with van der Waals surface area (Å²) in [4.78, 5) is 53.4. The van der Waals surface area contributed by atoms with Crippen LogP contribution in [0.5, 0.6) is 0 Å². The van der Waals surface area contributed by atoms with Crippen molar-refractivity contribution in [3.05, 3.63) is 51.4 Å². The average molecular weight is 497 g/mol. The van der Waals surface area contributed by atoms with Gasteiger partial charge in [0.15, 0.2) is 0 Å². The van der Waals surface area contributed by atoms with Gasteiger partial charge >= 0.3 is 5.97 Å². The van der Waals surface area contributed by atoms with Crippen LogP contribution in [0.3, 0.4) is 0 Å². The molecule has 1 aliphatic heterocycles. The lowest BCUT2D eigenvalue weighted by Gasteiger charge is -2.14. The number of nitrogens with one attached hydrogen (secondary N) is 1. The van der Waals surface area contributed by atoms with E-state index in [2.05, 4.69) is 5.32 Å². The summed E-state index contributed by atoms with van der Waals surface area (Å²) >= 11 is 1.42. The van der Waals surface area contributed by atoms with E-state index in [-0.39, 0.29) is 6.61 Å². The second-order valence-corrected chi connectivity index (χ2v) is 10.2. The number of hydrogen-bond donors (Lipinski definition) is 1. The molecule has 0 atom stereocenters. The Balaban J connectivity index is 1.56. The number of aryl methyl sites for hydroxylation is 1. The van der Waals surface area contributed by atoms with Crippen molar-refractivity contribution < 1.29 is 23.9 Å². The van der Waals surface area contributed by atoms with Crippen LogP contribution >= 0.6 is 11.3 Å². The van der Waals surface area contributed by atoms with Crippen LogP contribution < -0.4 is 5.32 Å². The van der Waals surface area contributed by atoms with E-state index in [0.717, 1.165) is 53.9 Å². The lowest BCUT2D eigenvalue weighted by atomic mass is 9.97. The number of esters is 1. The molecule has 1 N–H and O–H groups in total. The van der Waals surface area contributed by atoms with Crippen molar-refractivity contribution in [3.63, 3.8) is 0 Å². The van der Waals surface area contributed by atoms with Crippen LogP contribution in [-0.4, -0.2) is 41.7 Å². The third kappa shape index (κ3) is 5.64. The van der Waals surface area contributed by atoms with E-state index in [1.54, 1.807) is 31.2 Å². The highest BCUT2D eigenvalue weighted by Gasteiger charge is 2.36. The molecule has 35 heavy (non-hydrogen) atoms. The van der Waals surface area contributed by atoms with Gasteiger partial charge in [0.2, 0.25) is 5.91 Å². The fraction of sp³-hybridized carbons (Fsp3) is 0.481. The van der Waals surface area contributed by atoms with Crippen LogP contribution in [0.25, 0.3) is 0 Å². The first-order valence-electron chi connectivity index (χ1n) is 12.6. The summed E-state index contributed by atoms with van der Waals surface area (Å²) in [7, 11) is 0. The minimum atomic E-state index is -0.512. The van der Waals surface area contributed by atoms with Crippen molar-refractivity contribution in [2.75, 3.05) is 18.5 Å². The highest BCUT2D eigenvalue weighted by atomic mass is 32.1. The molecule has 4 rings (SSSR count). The van der Waals surface area contributed by atoms with Crippen molar-refractivity contribution in [1.82, 2.24) is 4.90 Å². The van der Waals surface area contributed by atoms with Crippen LogP contribution in [0.15, 0.2) is 24.3 Å². The molecule has 3 amide bonds. The average Bonchev–Trinajstić information content (AvgIpc) is 3.29. The smallest absolute Gasteiger partial charge is 0.341 e. The zero-order valence-corrected chi connectivity index (χ0v) is 21.0. The molecule has 1 aromatic carbocycles. The van der Waals surface area contributed by atoms with E-state index < -0.39 is 30.2 Å². The fourth-order valence-corrected chi connectivity index (χ4v) is 6.12. The standard InChI is InChI=1S/C27H32N2O5S/c1-2-34-27(33)23-20-15-9-7-5-3-4-6-8-10-16-21(20)35-24(23)28-22(30)17-29-25(31)18-13-11-12-14-19(18)26(29)32/h11-14H,2-10,15-17H2,1H3,(H,28,30). The van der Waals surface area contributed by atoms with Crippen molar-refractivity contribution in [2.24, 2.45) is 0 Å². The molecule has 0 radical (unpaired) electrons. The fourth-order valence-electron chi connectivity index (χ4n) is 4.83. The quantitative estimate of drug-likeness (QED) is 0.443. The van der Waals surface area contributed by atoms with Crippen molar-refractivity contribution >= 4 is 40.0 Å². The van der Waals surface area contributed by atoms with Gasteiger partial charge in [-0.15, -0.1) is 11.3 Å². The number of ether oxygens (including phenoxy) is 1. The zero-order valence-electron chi connectivity index (χ0n) is 20.2. The van der Waals surface area contributed by atoms with E-state index in [9.17, 15) is 19.2 Å². The highest BCUT2D eigenvalue weighted by Crippen LogP contribution is 2.37. The van der Waals surface area contributed by atoms with Gasteiger partial charge in [-0.1, -0.05) is 50.7 Å². The first-order chi connectivity index (χ1) is 17.0. The van der Waals surface area contributed by atoms with Gasteiger partial charge in [0.25, 0.3) is 11.8 Å². The number of hydrogen-bond acceptors (Lipinski definition) is 6. The summed E-state index contributed by atoms with van der Waals surface area (Å²) in [5, 5.41) is 3.28. The van der Waals surface area contributed by atoms with Crippen LogP contribution in [0, 0.1) is 0 Å². The Labute approximate surface area is 209 Å².